The number of benzene rings is 1. The fourth-order valence-corrected chi connectivity index (χ4v) is 3.99. The Morgan fingerprint density at radius 3 is 2.51 bits per heavy atom. The van der Waals surface area contributed by atoms with Crippen molar-refractivity contribution in [1.82, 2.24) is 15.3 Å². The molecule has 0 aliphatic rings. The van der Waals surface area contributed by atoms with E-state index in [1.165, 1.54) is 12.1 Å². The SMILES string of the molecule is Cc1cc(C)nc(NC(=O)Cc2cccc(CC(C)(C)NCC(O)c3ccc(O)c(CO)n3)c2)c1. The highest BCUT2D eigenvalue weighted by Crippen LogP contribution is 2.20. The molecule has 3 aromatic rings. The molecule has 8 nitrogen and oxygen atoms in total. The van der Waals surface area contributed by atoms with Gasteiger partial charge < -0.3 is 26.0 Å². The normalized spacial score (nSPS) is 12.4. The second-order valence-electron chi connectivity index (χ2n) is 9.53. The van der Waals surface area contributed by atoms with Crippen LogP contribution < -0.4 is 10.6 Å². The van der Waals surface area contributed by atoms with Gasteiger partial charge in [0, 0.05) is 17.8 Å². The van der Waals surface area contributed by atoms with E-state index < -0.39 is 12.7 Å². The molecule has 3 rings (SSSR count). The van der Waals surface area contributed by atoms with Crippen LogP contribution in [0.15, 0.2) is 48.5 Å². The van der Waals surface area contributed by atoms with Crippen molar-refractivity contribution in [2.24, 2.45) is 0 Å². The summed E-state index contributed by atoms with van der Waals surface area (Å²) in [7, 11) is 0. The number of nitrogens with zero attached hydrogens (tertiary/aromatic N) is 2. The van der Waals surface area contributed by atoms with Gasteiger partial charge >= 0.3 is 0 Å². The highest BCUT2D eigenvalue weighted by Gasteiger charge is 2.21. The molecular formula is C27H34N4O4. The van der Waals surface area contributed by atoms with Crippen LogP contribution in [0.5, 0.6) is 5.75 Å². The zero-order valence-electron chi connectivity index (χ0n) is 20.7. The number of amides is 1. The Balaban J connectivity index is 1.57. The van der Waals surface area contributed by atoms with Crippen molar-refractivity contribution in [2.45, 2.75) is 58.8 Å². The average Bonchev–Trinajstić information content (AvgIpc) is 2.77. The Bertz CT molecular complexity index is 1160. The molecule has 1 aromatic carbocycles. The molecule has 0 bridgehead atoms. The molecule has 0 radical (unpaired) electrons. The molecule has 2 heterocycles. The lowest BCUT2D eigenvalue weighted by Crippen LogP contribution is -2.43. The molecule has 0 aliphatic carbocycles. The van der Waals surface area contributed by atoms with Crippen molar-refractivity contribution >= 4 is 11.7 Å². The fraction of sp³-hybridized carbons (Fsp3) is 0.370. The van der Waals surface area contributed by atoms with Crippen LogP contribution >= 0.6 is 0 Å². The molecule has 0 aliphatic heterocycles. The van der Waals surface area contributed by atoms with Gasteiger partial charge in [0.2, 0.25) is 5.91 Å². The van der Waals surface area contributed by atoms with E-state index in [-0.39, 0.29) is 35.9 Å². The molecule has 35 heavy (non-hydrogen) atoms. The lowest BCUT2D eigenvalue weighted by molar-refractivity contribution is -0.115. The molecule has 186 valence electrons. The van der Waals surface area contributed by atoms with Crippen LogP contribution in [-0.4, -0.2) is 43.3 Å². The first-order valence-corrected chi connectivity index (χ1v) is 11.6. The molecule has 1 atom stereocenters. The number of pyridine rings is 2. The zero-order chi connectivity index (χ0) is 25.6. The van der Waals surface area contributed by atoms with E-state index in [0.29, 0.717) is 17.9 Å². The Labute approximate surface area is 206 Å². The van der Waals surface area contributed by atoms with Gasteiger partial charge in [-0.1, -0.05) is 24.3 Å². The summed E-state index contributed by atoms with van der Waals surface area (Å²) in [5.74, 6) is 0.334. The van der Waals surface area contributed by atoms with Crippen LogP contribution in [0.25, 0.3) is 0 Å². The van der Waals surface area contributed by atoms with Crippen LogP contribution in [0.3, 0.4) is 0 Å². The van der Waals surface area contributed by atoms with Crippen molar-refractivity contribution in [3.05, 3.63) is 82.3 Å². The van der Waals surface area contributed by atoms with Crippen molar-refractivity contribution in [3.8, 4) is 5.75 Å². The summed E-state index contributed by atoms with van der Waals surface area (Å²) in [4.78, 5) is 21.0. The second-order valence-corrected chi connectivity index (χ2v) is 9.53. The van der Waals surface area contributed by atoms with Gasteiger partial charge in [-0.3, -0.25) is 4.79 Å². The molecule has 1 unspecified atom stereocenters. The average molecular weight is 479 g/mol. The van der Waals surface area contributed by atoms with E-state index >= 15 is 0 Å². The van der Waals surface area contributed by atoms with Crippen LogP contribution in [0, 0.1) is 13.8 Å². The number of aliphatic hydroxyl groups excluding tert-OH is 2. The first kappa shape index (κ1) is 26.3. The predicted molar refractivity (Wildman–Crippen MR) is 135 cm³/mol. The third kappa shape index (κ3) is 7.85. The molecule has 0 spiro atoms. The van der Waals surface area contributed by atoms with Crippen LogP contribution in [0.2, 0.25) is 0 Å². The molecule has 2 aromatic heterocycles. The number of aliphatic hydroxyl groups is 2. The number of hydrogen-bond donors (Lipinski definition) is 5. The van der Waals surface area contributed by atoms with Gasteiger partial charge in [0.1, 0.15) is 23.4 Å². The van der Waals surface area contributed by atoms with E-state index in [2.05, 4.69) is 20.6 Å². The van der Waals surface area contributed by atoms with E-state index in [9.17, 15) is 20.1 Å². The number of aryl methyl sites for hydroxylation is 2. The number of hydrogen-bond acceptors (Lipinski definition) is 7. The summed E-state index contributed by atoms with van der Waals surface area (Å²) >= 11 is 0. The summed E-state index contributed by atoms with van der Waals surface area (Å²) in [5, 5.41) is 35.7. The maximum atomic E-state index is 12.6. The van der Waals surface area contributed by atoms with Crippen LogP contribution in [0.1, 0.15) is 53.7 Å². The third-order valence-corrected chi connectivity index (χ3v) is 5.60. The molecule has 0 saturated carbocycles. The Morgan fingerprint density at radius 2 is 1.80 bits per heavy atom. The summed E-state index contributed by atoms with van der Waals surface area (Å²) in [6.45, 7) is 7.79. The van der Waals surface area contributed by atoms with Gasteiger partial charge in [0.05, 0.1) is 18.7 Å². The van der Waals surface area contributed by atoms with Crippen molar-refractivity contribution < 1.29 is 20.1 Å². The second kappa shape index (κ2) is 11.4. The highest BCUT2D eigenvalue weighted by molar-refractivity contribution is 5.91. The van der Waals surface area contributed by atoms with Crippen molar-refractivity contribution in [2.75, 3.05) is 11.9 Å². The van der Waals surface area contributed by atoms with Crippen LogP contribution in [0.4, 0.5) is 5.82 Å². The lowest BCUT2D eigenvalue weighted by Gasteiger charge is -2.28. The Morgan fingerprint density at radius 1 is 1.06 bits per heavy atom. The minimum atomic E-state index is -0.894. The first-order valence-electron chi connectivity index (χ1n) is 11.6. The van der Waals surface area contributed by atoms with E-state index in [1.54, 1.807) is 0 Å². The number of aromatic nitrogens is 2. The number of rotatable bonds is 10. The maximum Gasteiger partial charge on any atom is 0.229 e. The molecule has 1 amide bonds. The Hall–Kier alpha value is -3.33. The number of anilines is 1. The molecule has 8 heteroatoms. The smallest absolute Gasteiger partial charge is 0.229 e. The topological polar surface area (TPSA) is 128 Å². The Kier molecular flexibility index (Phi) is 8.56. The number of nitrogens with one attached hydrogen (secondary N) is 2. The maximum absolute atomic E-state index is 12.6. The largest absolute Gasteiger partial charge is 0.506 e. The summed E-state index contributed by atoms with van der Waals surface area (Å²) in [5.41, 5.74) is 4.04. The van der Waals surface area contributed by atoms with Gasteiger partial charge in [-0.15, -0.1) is 0 Å². The molecular weight excluding hydrogens is 444 g/mol. The van der Waals surface area contributed by atoms with E-state index in [0.717, 1.165) is 22.4 Å². The quantitative estimate of drug-likeness (QED) is 0.303. The van der Waals surface area contributed by atoms with Gasteiger partial charge in [0.25, 0.3) is 0 Å². The minimum Gasteiger partial charge on any atom is -0.506 e. The number of carbonyl (C=O) groups excluding carboxylic acids is 1. The third-order valence-electron chi connectivity index (χ3n) is 5.60. The van der Waals surface area contributed by atoms with E-state index in [1.807, 2.05) is 64.1 Å². The molecule has 0 fully saturated rings. The standard InChI is InChI=1S/C27H34N4O4/c1-17-10-18(2)29-25(11-17)31-26(35)13-19-6-5-7-20(12-19)14-27(3,4)28-15-24(34)21-8-9-23(33)22(16-32)30-21/h5-12,24,28,32-34H,13-16H2,1-4H3,(H,29,31,35). The number of β-amino-alcohol motifs (C(OH)–C–C–N with tert-alkyl or cyclic N) is 1. The predicted octanol–water partition coefficient (Wildman–Crippen LogP) is 3.12. The van der Waals surface area contributed by atoms with Gasteiger partial charge in [-0.05, 0) is 75.1 Å². The monoisotopic (exact) mass is 478 g/mol. The van der Waals surface area contributed by atoms with Gasteiger partial charge in [-0.2, -0.15) is 0 Å². The highest BCUT2D eigenvalue weighted by atomic mass is 16.3. The molecule has 5 N–H and O–H groups in total. The minimum absolute atomic E-state index is 0.101. The lowest BCUT2D eigenvalue weighted by atomic mass is 9.93. The fourth-order valence-electron chi connectivity index (χ4n) is 3.99. The van der Waals surface area contributed by atoms with Gasteiger partial charge in [-0.25, -0.2) is 9.97 Å². The van der Waals surface area contributed by atoms with Gasteiger partial charge in [0.15, 0.2) is 0 Å². The zero-order valence-corrected chi connectivity index (χ0v) is 20.7. The van der Waals surface area contributed by atoms with E-state index in [4.69, 9.17) is 0 Å². The first-order chi connectivity index (χ1) is 16.5. The number of aromatic hydroxyl groups is 1. The summed E-state index contributed by atoms with van der Waals surface area (Å²) < 4.78 is 0. The summed E-state index contributed by atoms with van der Waals surface area (Å²) in [6.07, 6.45) is 0.0297. The molecule has 0 saturated heterocycles. The van der Waals surface area contributed by atoms with Crippen LogP contribution in [-0.2, 0) is 24.2 Å². The van der Waals surface area contributed by atoms with Crippen molar-refractivity contribution in [3.63, 3.8) is 0 Å². The summed E-state index contributed by atoms with van der Waals surface area (Å²) in [6, 6.07) is 14.7. The number of carbonyl (C=O) groups is 1. The van der Waals surface area contributed by atoms with Crippen molar-refractivity contribution in [1.29, 1.82) is 0 Å².